The van der Waals surface area contributed by atoms with Gasteiger partial charge in [-0.3, -0.25) is 5.32 Å². The number of hydrogen-bond acceptors (Lipinski definition) is 3. The zero-order valence-corrected chi connectivity index (χ0v) is 7.18. The molecule has 1 rings (SSSR count). The van der Waals surface area contributed by atoms with E-state index in [0.717, 1.165) is 13.0 Å². The largest absolute Gasteiger partial charge is 0.365 e. The molecule has 1 fully saturated rings. The molecule has 0 radical (unpaired) electrons. The fourth-order valence-corrected chi connectivity index (χ4v) is 1.38. The summed E-state index contributed by atoms with van der Waals surface area (Å²) < 4.78 is 5.23. The quantitative estimate of drug-likeness (QED) is 0.556. The average Bonchev–Trinajstić information content (AvgIpc) is 2.04. The minimum absolute atomic E-state index is 0.130. The molecule has 0 aromatic rings. The lowest BCUT2D eigenvalue weighted by Gasteiger charge is -2.32. The van der Waals surface area contributed by atoms with Crippen molar-refractivity contribution in [3.8, 4) is 0 Å². The monoisotopic (exact) mass is 156 g/mol. The van der Waals surface area contributed by atoms with Crippen LogP contribution in [0.1, 0.15) is 6.42 Å². The Labute approximate surface area is 67.8 Å². The van der Waals surface area contributed by atoms with Crippen molar-refractivity contribution in [3.63, 3.8) is 0 Å². The molecule has 0 saturated carbocycles. The summed E-state index contributed by atoms with van der Waals surface area (Å²) in [5, 5.41) is 6.42. The maximum Gasteiger partial charge on any atom is 0.123 e. The Morgan fingerprint density at radius 2 is 2.45 bits per heavy atom. The van der Waals surface area contributed by atoms with Gasteiger partial charge >= 0.3 is 0 Å². The SMILES string of the molecule is C=C1CNC(OC)C(NC)C1. The highest BCUT2D eigenvalue weighted by Crippen LogP contribution is 2.12. The molecular weight excluding hydrogens is 140 g/mol. The van der Waals surface area contributed by atoms with Gasteiger partial charge in [0.25, 0.3) is 0 Å². The van der Waals surface area contributed by atoms with Gasteiger partial charge in [0.15, 0.2) is 0 Å². The van der Waals surface area contributed by atoms with Crippen molar-refractivity contribution in [1.82, 2.24) is 10.6 Å². The second kappa shape index (κ2) is 3.85. The summed E-state index contributed by atoms with van der Waals surface area (Å²) in [4.78, 5) is 0. The summed E-state index contributed by atoms with van der Waals surface area (Å²) in [5.41, 5.74) is 1.23. The molecule has 2 N–H and O–H groups in total. The lowest BCUT2D eigenvalue weighted by atomic mass is 10.0. The molecule has 0 bridgehead atoms. The average molecular weight is 156 g/mol. The molecule has 0 spiro atoms. The summed E-state index contributed by atoms with van der Waals surface area (Å²) >= 11 is 0. The molecule has 1 heterocycles. The highest BCUT2D eigenvalue weighted by Gasteiger charge is 2.24. The maximum absolute atomic E-state index is 5.23. The van der Waals surface area contributed by atoms with Crippen LogP contribution in [0.4, 0.5) is 0 Å². The first-order chi connectivity index (χ1) is 5.27. The maximum atomic E-state index is 5.23. The van der Waals surface area contributed by atoms with Gasteiger partial charge in [0.05, 0.1) is 6.04 Å². The second-order valence-electron chi connectivity index (χ2n) is 2.89. The highest BCUT2D eigenvalue weighted by atomic mass is 16.5. The second-order valence-corrected chi connectivity index (χ2v) is 2.89. The molecule has 3 nitrogen and oxygen atoms in total. The van der Waals surface area contributed by atoms with Crippen molar-refractivity contribution in [2.75, 3.05) is 20.7 Å². The molecule has 1 aliphatic rings. The van der Waals surface area contributed by atoms with Crippen molar-refractivity contribution in [3.05, 3.63) is 12.2 Å². The van der Waals surface area contributed by atoms with Gasteiger partial charge in [0.1, 0.15) is 6.23 Å². The van der Waals surface area contributed by atoms with Crippen LogP contribution in [0, 0.1) is 0 Å². The molecule has 2 atom stereocenters. The molecule has 0 amide bonds. The van der Waals surface area contributed by atoms with Crippen LogP contribution in [-0.4, -0.2) is 33.0 Å². The molecule has 0 aromatic heterocycles. The minimum atomic E-state index is 0.130. The number of nitrogens with one attached hydrogen (secondary N) is 2. The third-order valence-corrected chi connectivity index (χ3v) is 2.05. The third-order valence-electron chi connectivity index (χ3n) is 2.05. The van der Waals surface area contributed by atoms with Crippen LogP contribution in [0.15, 0.2) is 12.2 Å². The first-order valence-electron chi connectivity index (χ1n) is 3.88. The Balaban J connectivity index is 2.48. The van der Waals surface area contributed by atoms with E-state index in [0.29, 0.717) is 6.04 Å². The minimum Gasteiger partial charge on any atom is -0.365 e. The number of piperidine rings is 1. The zero-order chi connectivity index (χ0) is 8.27. The number of ether oxygens (including phenoxy) is 1. The third kappa shape index (κ3) is 2.02. The van der Waals surface area contributed by atoms with Gasteiger partial charge in [-0.25, -0.2) is 0 Å². The lowest BCUT2D eigenvalue weighted by Crippen LogP contribution is -2.52. The van der Waals surface area contributed by atoms with E-state index < -0.39 is 0 Å². The summed E-state index contributed by atoms with van der Waals surface area (Å²) in [6, 6.07) is 0.362. The fourth-order valence-electron chi connectivity index (χ4n) is 1.38. The van der Waals surface area contributed by atoms with Crippen LogP contribution in [0.5, 0.6) is 0 Å². The number of rotatable bonds is 2. The predicted octanol–water partition coefficient (Wildman–Crippen LogP) is 0.0964. The summed E-state index contributed by atoms with van der Waals surface area (Å²) in [5.74, 6) is 0. The van der Waals surface area contributed by atoms with Crippen molar-refractivity contribution in [1.29, 1.82) is 0 Å². The van der Waals surface area contributed by atoms with E-state index in [9.17, 15) is 0 Å². The predicted molar refractivity (Wildman–Crippen MR) is 45.4 cm³/mol. The Morgan fingerprint density at radius 3 is 3.00 bits per heavy atom. The van der Waals surface area contributed by atoms with E-state index in [1.807, 2.05) is 7.05 Å². The van der Waals surface area contributed by atoms with Crippen molar-refractivity contribution >= 4 is 0 Å². The molecule has 1 aliphatic heterocycles. The van der Waals surface area contributed by atoms with E-state index in [2.05, 4.69) is 17.2 Å². The summed E-state index contributed by atoms with van der Waals surface area (Å²) in [6.45, 7) is 4.79. The normalized spacial score (nSPS) is 32.4. The number of hydrogen-bond donors (Lipinski definition) is 2. The van der Waals surface area contributed by atoms with Gasteiger partial charge in [-0.15, -0.1) is 0 Å². The Bertz CT molecular complexity index is 147. The van der Waals surface area contributed by atoms with Crippen molar-refractivity contribution in [2.45, 2.75) is 18.7 Å². The first kappa shape index (κ1) is 8.71. The van der Waals surface area contributed by atoms with E-state index >= 15 is 0 Å². The van der Waals surface area contributed by atoms with Crippen LogP contribution in [0.2, 0.25) is 0 Å². The first-order valence-corrected chi connectivity index (χ1v) is 3.88. The van der Waals surface area contributed by atoms with Crippen molar-refractivity contribution in [2.24, 2.45) is 0 Å². The van der Waals surface area contributed by atoms with E-state index in [4.69, 9.17) is 4.74 Å². The molecule has 11 heavy (non-hydrogen) atoms. The van der Waals surface area contributed by atoms with Crippen LogP contribution >= 0.6 is 0 Å². The van der Waals surface area contributed by atoms with E-state index in [1.54, 1.807) is 7.11 Å². The molecule has 3 heteroatoms. The lowest BCUT2D eigenvalue weighted by molar-refractivity contribution is 0.0367. The fraction of sp³-hybridized carbons (Fsp3) is 0.750. The topological polar surface area (TPSA) is 33.3 Å². The van der Waals surface area contributed by atoms with Crippen LogP contribution in [-0.2, 0) is 4.74 Å². The molecule has 64 valence electrons. The molecule has 0 aliphatic carbocycles. The number of likely N-dealkylation sites (N-methyl/N-ethyl adjacent to an activating group) is 1. The Morgan fingerprint density at radius 1 is 1.73 bits per heavy atom. The van der Waals surface area contributed by atoms with Gasteiger partial charge in [-0.05, 0) is 13.5 Å². The van der Waals surface area contributed by atoms with Crippen molar-refractivity contribution < 1.29 is 4.74 Å². The van der Waals surface area contributed by atoms with E-state index in [1.165, 1.54) is 5.57 Å². The van der Waals surface area contributed by atoms with Gasteiger partial charge in [0.2, 0.25) is 0 Å². The highest BCUT2D eigenvalue weighted by molar-refractivity contribution is 5.05. The smallest absolute Gasteiger partial charge is 0.123 e. The summed E-state index contributed by atoms with van der Waals surface area (Å²) in [6.07, 6.45) is 1.13. The van der Waals surface area contributed by atoms with Crippen LogP contribution in [0.3, 0.4) is 0 Å². The molecular formula is C8H16N2O. The zero-order valence-electron chi connectivity index (χ0n) is 7.18. The summed E-state index contributed by atoms with van der Waals surface area (Å²) in [7, 11) is 3.66. The number of methoxy groups -OCH3 is 1. The van der Waals surface area contributed by atoms with Gasteiger partial charge in [-0.1, -0.05) is 12.2 Å². The van der Waals surface area contributed by atoms with Gasteiger partial charge in [0, 0.05) is 13.7 Å². The molecule has 1 saturated heterocycles. The molecule has 2 unspecified atom stereocenters. The molecule has 0 aromatic carbocycles. The van der Waals surface area contributed by atoms with Gasteiger partial charge in [-0.2, -0.15) is 0 Å². The van der Waals surface area contributed by atoms with Crippen LogP contribution in [0.25, 0.3) is 0 Å². The van der Waals surface area contributed by atoms with Gasteiger partial charge < -0.3 is 10.1 Å². The van der Waals surface area contributed by atoms with Crippen LogP contribution < -0.4 is 10.6 Å². The standard InChI is InChI=1S/C8H16N2O/c1-6-4-7(9-2)8(11-3)10-5-6/h7-10H,1,4-5H2,2-3H3. The Hall–Kier alpha value is -0.380. The van der Waals surface area contributed by atoms with E-state index in [-0.39, 0.29) is 6.23 Å². The Kier molecular flexibility index (Phi) is 3.05.